The van der Waals surface area contributed by atoms with E-state index in [9.17, 15) is 9.59 Å². The second-order valence-corrected chi connectivity index (χ2v) is 3.45. The van der Waals surface area contributed by atoms with Crippen molar-refractivity contribution in [1.82, 2.24) is 4.90 Å². The average Bonchev–Trinajstić information content (AvgIpc) is 2.58. The lowest BCUT2D eigenvalue weighted by Crippen LogP contribution is -2.17. The second-order valence-electron chi connectivity index (χ2n) is 3.45. The Morgan fingerprint density at radius 1 is 1.67 bits per heavy atom. The van der Waals surface area contributed by atoms with Crippen molar-refractivity contribution in [1.29, 1.82) is 0 Å². The van der Waals surface area contributed by atoms with Crippen molar-refractivity contribution in [3.63, 3.8) is 0 Å². The molecule has 0 radical (unpaired) electrons. The van der Waals surface area contributed by atoms with Gasteiger partial charge in [0.2, 0.25) is 5.91 Å². The number of likely N-dealkylation sites (tertiary alicyclic amines) is 1. The molecule has 1 amide bonds. The lowest BCUT2D eigenvalue weighted by Gasteiger charge is -2.08. The molecule has 15 heavy (non-hydrogen) atoms. The highest BCUT2D eigenvalue weighted by Crippen LogP contribution is 2.09. The minimum Gasteiger partial charge on any atom is -0.458 e. The maximum absolute atomic E-state index is 11.2. The van der Waals surface area contributed by atoms with E-state index in [4.69, 9.17) is 4.74 Å². The highest BCUT2D eigenvalue weighted by Gasteiger charge is 2.16. The summed E-state index contributed by atoms with van der Waals surface area (Å²) in [5.74, 6) is -0.287. The van der Waals surface area contributed by atoms with Crippen molar-refractivity contribution in [3.8, 4) is 0 Å². The Hall–Kier alpha value is -1.58. The molecule has 4 heteroatoms. The Morgan fingerprint density at radius 2 is 2.40 bits per heavy atom. The summed E-state index contributed by atoms with van der Waals surface area (Å²) >= 11 is 0. The molecule has 0 aromatic rings. The van der Waals surface area contributed by atoms with E-state index in [-0.39, 0.29) is 12.5 Å². The molecule has 0 atom stereocenters. The smallest absolute Gasteiger partial charge is 0.333 e. The van der Waals surface area contributed by atoms with Crippen molar-refractivity contribution in [2.75, 3.05) is 13.2 Å². The Morgan fingerprint density at radius 3 is 2.93 bits per heavy atom. The average molecular weight is 209 g/mol. The molecule has 1 aliphatic heterocycles. The van der Waals surface area contributed by atoms with Gasteiger partial charge in [-0.05, 0) is 19.4 Å². The summed E-state index contributed by atoms with van der Waals surface area (Å²) in [6, 6.07) is 0. The number of carbonyl (C=O) groups is 2. The SMILES string of the molecule is C=C(C)C(=O)OCC=CN1CCCC1=O. The number of hydrogen-bond donors (Lipinski definition) is 0. The molecule has 1 aliphatic rings. The monoisotopic (exact) mass is 209 g/mol. The zero-order valence-corrected chi connectivity index (χ0v) is 8.86. The van der Waals surface area contributed by atoms with Crippen LogP contribution in [0, 0.1) is 0 Å². The summed E-state index contributed by atoms with van der Waals surface area (Å²) in [5, 5.41) is 0. The fourth-order valence-corrected chi connectivity index (χ4v) is 1.24. The minimum atomic E-state index is -0.410. The fraction of sp³-hybridized carbons (Fsp3) is 0.455. The molecule has 0 N–H and O–H groups in total. The quantitative estimate of drug-likeness (QED) is 0.517. The van der Waals surface area contributed by atoms with E-state index in [1.165, 1.54) is 0 Å². The summed E-state index contributed by atoms with van der Waals surface area (Å²) in [6.07, 6.45) is 4.83. The molecule has 0 unspecified atom stereocenters. The van der Waals surface area contributed by atoms with Crippen molar-refractivity contribution < 1.29 is 14.3 Å². The molecule has 0 saturated carbocycles. The topological polar surface area (TPSA) is 46.6 Å². The molecule has 82 valence electrons. The van der Waals surface area contributed by atoms with Gasteiger partial charge in [-0.15, -0.1) is 0 Å². The predicted octanol–water partition coefficient (Wildman–Crippen LogP) is 1.24. The molecule has 0 bridgehead atoms. The Bertz CT molecular complexity index is 307. The third kappa shape index (κ3) is 3.58. The van der Waals surface area contributed by atoms with Crippen LogP contribution in [-0.4, -0.2) is 29.9 Å². The van der Waals surface area contributed by atoms with Crippen molar-refractivity contribution in [2.24, 2.45) is 0 Å². The number of nitrogens with zero attached hydrogens (tertiary/aromatic N) is 1. The third-order valence-electron chi connectivity index (χ3n) is 2.05. The van der Waals surface area contributed by atoms with Crippen LogP contribution in [0.3, 0.4) is 0 Å². The van der Waals surface area contributed by atoms with Crippen molar-refractivity contribution in [2.45, 2.75) is 19.8 Å². The maximum Gasteiger partial charge on any atom is 0.333 e. The Balaban J connectivity index is 2.25. The van der Waals surface area contributed by atoms with E-state index >= 15 is 0 Å². The van der Waals surface area contributed by atoms with E-state index in [1.807, 2.05) is 0 Å². The van der Waals surface area contributed by atoms with Gasteiger partial charge < -0.3 is 9.64 Å². The summed E-state index contributed by atoms with van der Waals surface area (Å²) in [4.78, 5) is 23.8. The van der Waals surface area contributed by atoms with Gasteiger partial charge in [-0.1, -0.05) is 6.58 Å². The molecular formula is C11H15NO3. The largest absolute Gasteiger partial charge is 0.458 e. The molecule has 0 aliphatic carbocycles. The number of esters is 1. The summed E-state index contributed by atoms with van der Waals surface area (Å²) in [6.45, 7) is 5.98. The summed E-state index contributed by atoms with van der Waals surface area (Å²) < 4.78 is 4.84. The molecule has 0 aromatic heterocycles. The van der Waals surface area contributed by atoms with Crippen molar-refractivity contribution >= 4 is 11.9 Å². The fourth-order valence-electron chi connectivity index (χ4n) is 1.24. The minimum absolute atomic E-state index is 0.123. The van der Waals surface area contributed by atoms with Crippen LogP contribution < -0.4 is 0 Å². The van der Waals surface area contributed by atoms with Crippen LogP contribution in [-0.2, 0) is 14.3 Å². The number of rotatable bonds is 4. The van der Waals surface area contributed by atoms with Gasteiger partial charge in [0, 0.05) is 24.7 Å². The highest BCUT2D eigenvalue weighted by molar-refractivity contribution is 5.87. The van der Waals surface area contributed by atoms with Crippen LogP contribution in [0.4, 0.5) is 0 Å². The molecule has 0 aromatic carbocycles. The summed E-state index contributed by atoms with van der Waals surface area (Å²) in [7, 11) is 0. The molecule has 1 heterocycles. The lowest BCUT2D eigenvalue weighted by molar-refractivity contribution is -0.137. The molecule has 1 fully saturated rings. The number of ether oxygens (including phenoxy) is 1. The Kier molecular flexibility index (Phi) is 4.09. The first-order valence-corrected chi connectivity index (χ1v) is 4.90. The van der Waals surface area contributed by atoms with Gasteiger partial charge in [0.25, 0.3) is 0 Å². The lowest BCUT2D eigenvalue weighted by atomic mass is 10.4. The van der Waals surface area contributed by atoms with Crippen LogP contribution in [0.1, 0.15) is 19.8 Å². The first-order chi connectivity index (χ1) is 7.11. The highest BCUT2D eigenvalue weighted by atomic mass is 16.5. The molecule has 1 saturated heterocycles. The van der Waals surface area contributed by atoms with E-state index in [0.717, 1.165) is 13.0 Å². The number of amides is 1. The Labute approximate surface area is 89.2 Å². The number of carbonyl (C=O) groups excluding carboxylic acids is 2. The van der Waals surface area contributed by atoms with Crippen LogP contribution in [0.5, 0.6) is 0 Å². The van der Waals surface area contributed by atoms with Gasteiger partial charge in [0.05, 0.1) is 0 Å². The van der Waals surface area contributed by atoms with Gasteiger partial charge in [-0.25, -0.2) is 4.79 Å². The van der Waals surface area contributed by atoms with Gasteiger partial charge in [0.1, 0.15) is 6.61 Å². The van der Waals surface area contributed by atoms with Gasteiger partial charge in [-0.3, -0.25) is 4.79 Å². The maximum atomic E-state index is 11.2. The van der Waals surface area contributed by atoms with Crippen molar-refractivity contribution in [3.05, 3.63) is 24.4 Å². The van der Waals surface area contributed by atoms with Crippen LogP contribution in [0.2, 0.25) is 0 Å². The molecule has 0 spiro atoms. The van der Waals surface area contributed by atoms with E-state index in [2.05, 4.69) is 6.58 Å². The van der Waals surface area contributed by atoms with Crippen LogP contribution in [0.25, 0.3) is 0 Å². The number of hydrogen-bond acceptors (Lipinski definition) is 3. The second kappa shape index (κ2) is 5.34. The summed E-state index contributed by atoms with van der Waals surface area (Å²) in [5.41, 5.74) is 0.376. The van der Waals surface area contributed by atoms with Gasteiger partial charge in [0.15, 0.2) is 0 Å². The zero-order chi connectivity index (χ0) is 11.3. The van der Waals surface area contributed by atoms with E-state index < -0.39 is 5.97 Å². The third-order valence-corrected chi connectivity index (χ3v) is 2.05. The zero-order valence-electron chi connectivity index (χ0n) is 8.86. The molecule has 1 rings (SSSR count). The van der Waals surface area contributed by atoms with Crippen LogP contribution >= 0.6 is 0 Å². The standard InChI is InChI=1S/C11H15NO3/c1-9(2)11(14)15-8-4-7-12-6-3-5-10(12)13/h4,7H,1,3,5-6,8H2,2H3. The first kappa shape index (κ1) is 11.5. The van der Waals surface area contributed by atoms with Crippen LogP contribution in [0.15, 0.2) is 24.4 Å². The normalized spacial score (nSPS) is 16.1. The predicted molar refractivity (Wildman–Crippen MR) is 55.9 cm³/mol. The first-order valence-electron chi connectivity index (χ1n) is 4.90. The van der Waals surface area contributed by atoms with Gasteiger partial charge >= 0.3 is 5.97 Å². The molecular weight excluding hydrogens is 194 g/mol. The van der Waals surface area contributed by atoms with E-state index in [1.54, 1.807) is 24.1 Å². The van der Waals surface area contributed by atoms with E-state index in [0.29, 0.717) is 12.0 Å². The van der Waals surface area contributed by atoms with Gasteiger partial charge in [-0.2, -0.15) is 0 Å². The molecule has 4 nitrogen and oxygen atoms in total.